The number of rotatable bonds is 4. The third-order valence-electron chi connectivity index (χ3n) is 4.39. The molecule has 0 unspecified atom stereocenters. The molecular formula is C18H19ClN2O3. The number of nitro benzene ring substituents is 1. The van der Waals surface area contributed by atoms with Gasteiger partial charge in [0, 0.05) is 35.2 Å². The molecule has 0 N–H and O–H groups in total. The Morgan fingerprint density at radius 3 is 2.62 bits per heavy atom. The molecule has 2 aromatic rings. The summed E-state index contributed by atoms with van der Waals surface area (Å²) >= 11 is 6.18. The van der Waals surface area contributed by atoms with Crippen molar-refractivity contribution in [2.24, 2.45) is 0 Å². The van der Waals surface area contributed by atoms with Crippen LogP contribution in [0.3, 0.4) is 0 Å². The first-order chi connectivity index (χ1) is 11.4. The molecule has 1 atom stereocenters. The summed E-state index contributed by atoms with van der Waals surface area (Å²) in [5.41, 5.74) is 1.88. The van der Waals surface area contributed by atoms with Crippen molar-refractivity contribution in [2.75, 3.05) is 20.1 Å². The second kappa shape index (κ2) is 6.79. The van der Waals surface area contributed by atoms with Crippen molar-refractivity contribution >= 4 is 17.3 Å². The Kier molecular flexibility index (Phi) is 4.73. The smallest absolute Gasteiger partial charge is 0.269 e. The number of halogens is 1. The lowest BCUT2D eigenvalue weighted by Crippen LogP contribution is -2.13. The van der Waals surface area contributed by atoms with E-state index in [9.17, 15) is 10.1 Å². The summed E-state index contributed by atoms with van der Waals surface area (Å²) in [6.07, 6.45) is 1.06. The van der Waals surface area contributed by atoms with E-state index in [1.54, 1.807) is 19.1 Å². The number of nitrogens with zero attached hydrogens (tertiary/aromatic N) is 2. The molecule has 6 heteroatoms. The van der Waals surface area contributed by atoms with Crippen LogP contribution in [0, 0.1) is 17.0 Å². The van der Waals surface area contributed by atoms with Gasteiger partial charge in [-0.3, -0.25) is 10.1 Å². The third-order valence-corrected chi connectivity index (χ3v) is 4.63. The van der Waals surface area contributed by atoms with Gasteiger partial charge in [-0.05, 0) is 56.8 Å². The first-order valence-corrected chi connectivity index (χ1v) is 8.22. The molecule has 0 radical (unpaired) electrons. The summed E-state index contributed by atoms with van der Waals surface area (Å²) < 4.78 is 6.08. The quantitative estimate of drug-likeness (QED) is 0.591. The van der Waals surface area contributed by atoms with Gasteiger partial charge in [0.1, 0.15) is 11.5 Å². The van der Waals surface area contributed by atoms with Gasteiger partial charge in [0.25, 0.3) is 5.69 Å². The highest BCUT2D eigenvalue weighted by Crippen LogP contribution is 2.38. The molecule has 0 aliphatic carbocycles. The summed E-state index contributed by atoms with van der Waals surface area (Å²) in [5, 5.41) is 11.6. The Bertz CT molecular complexity index is 779. The minimum absolute atomic E-state index is 0.0635. The van der Waals surface area contributed by atoms with Crippen molar-refractivity contribution in [3.63, 3.8) is 0 Å². The molecule has 126 valence electrons. The Labute approximate surface area is 146 Å². The van der Waals surface area contributed by atoms with Crippen molar-refractivity contribution in [3.8, 4) is 11.5 Å². The van der Waals surface area contributed by atoms with Crippen LogP contribution >= 0.6 is 11.6 Å². The van der Waals surface area contributed by atoms with E-state index in [1.165, 1.54) is 12.1 Å². The second-order valence-corrected chi connectivity index (χ2v) is 6.68. The highest BCUT2D eigenvalue weighted by atomic mass is 35.5. The zero-order valence-electron chi connectivity index (χ0n) is 13.7. The van der Waals surface area contributed by atoms with E-state index in [4.69, 9.17) is 16.3 Å². The normalized spacial score (nSPS) is 17.9. The fourth-order valence-electron chi connectivity index (χ4n) is 3.10. The molecule has 0 spiro atoms. The van der Waals surface area contributed by atoms with Crippen molar-refractivity contribution in [2.45, 2.75) is 19.3 Å². The predicted octanol–water partition coefficient (Wildman–Crippen LogP) is 4.77. The Morgan fingerprint density at radius 1 is 1.25 bits per heavy atom. The average molecular weight is 347 g/mol. The number of likely N-dealkylation sites (N-methyl/N-ethyl adjacent to an activating group) is 1. The number of benzene rings is 2. The van der Waals surface area contributed by atoms with Crippen molar-refractivity contribution in [3.05, 3.63) is 62.7 Å². The van der Waals surface area contributed by atoms with Crippen LogP contribution in [0.15, 0.2) is 36.4 Å². The first-order valence-electron chi connectivity index (χ1n) is 7.85. The van der Waals surface area contributed by atoms with Gasteiger partial charge < -0.3 is 9.64 Å². The number of nitro groups is 1. The van der Waals surface area contributed by atoms with Crippen LogP contribution in [-0.2, 0) is 0 Å². The molecule has 2 aromatic carbocycles. The predicted molar refractivity (Wildman–Crippen MR) is 94.2 cm³/mol. The lowest BCUT2D eigenvalue weighted by Gasteiger charge is -2.17. The van der Waals surface area contributed by atoms with Gasteiger partial charge in [0.05, 0.1) is 4.92 Å². The van der Waals surface area contributed by atoms with Crippen LogP contribution in [0.4, 0.5) is 5.69 Å². The minimum Gasteiger partial charge on any atom is -0.457 e. The fraction of sp³-hybridized carbons (Fsp3) is 0.333. The number of ether oxygens (including phenoxy) is 1. The lowest BCUT2D eigenvalue weighted by molar-refractivity contribution is -0.384. The number of hydrogen-bond acceptors (Lipinski definition) is 4. The molecule has 3 rings (SSSR count). The molecule has 24 heavy (non-hydrogen) atoms. The largest absolute Gasteiger partial charge is 0.457 e. The minimum atomic E-state index is -0.404. The number of hydrogen-bond donors (Lipinski definition) is 0. The Morgan fingerprint density at radius 2 is 2.00 bits per heavy atom. The van der Waals surface area contributed by atoms with E-state index in [0.29, 0.717) is 16.7 Å². The molecular weight excluding hydrogens is 328 g/mol. The van der Waals surface area contributed by atoms with Crippen molar-refractivity contribution in [1.82, 2.24) is 4.90 Å². The number of aryl methyl sites for hydroxylation is 1. The van der Waals surface area contributed by atoms with Gasteiger partial charge in [-0.15, -0.1) is 0 Å². The second-order valence-electron chi connectivity index (χ2n) is 6.24. The topological polar surface area (TPSA) is 55.6 Å². The Hall–Kier alpha value is -2.11. The zero-order valence-corrected chi connectivity index (χ0v) is 14.4. The van der Waals surface area contributed by atoms with Gasteiger partial charge in [-0.25, -0.2) is 0 Å². The standard InChI is InChI=1S/C18H19ClN2O3/c1-12-9-15(21(22)23)4-6-17(12)24-18-5-3-14(19)10-16(18)13-7-8-20(2)11-13/h3-6,9-10,13H,7-8,11H2,1-2H3/t13-/m0/s1. The molecule has 1 aliphatic heterocycles. The van der Waals surface area contributed by atoms with Crippen LogP contribution < -0.4 is 4.74 Å². The monoisotopic (exact) mass is 346 g/mol. The third kappa shape index (κ3) is 3.52. The average Bonchev–Trinajstić information content (AvgIpc) is 2.97. The van der Waals surface area contributed by atoms with E-state index in [0.717, 1.165) is 36.4 Å². The van der Waals surface area contributed by atoms with Crippen LogP contribution in [0.2, 0.25) is 5.02 Å². The SMILES string of the molecule is Cc1cc([N+](=O)[O-])ccc1Oc1ccc(Cl)cc1[C@H]1CCN(C)C1. The highest BCUT2D eigenvalue weighted by Gasteiger charge is 2.24. The molecule has 1 aliphatic rings. The molecule has 1 saturated heterocycles. The summed E-state index contributed by atoms with van der Waals surface area (Å²) in [6, 6.07) is 10.3. The molecule has 1 heterocycles. The number of non-ortho nitro benzene ring substituents is 1. The Balaban J connectivity index is 1.91. The maximum atomic E-state index is 10.9. The first kappa shape index (κ1) is 16.7. The van der Waals surface area contributed by atoms with Crippen LogP contribution in [-0.4, -0.2) is 30.0 Å². The van der Waals surface area contributed by atoms with E-state index >= 15 is 0 Å². The van der Waals surface area contributed by atoms with E-state index in [2.05, 4.69) is 11.9 Å². The summed E-state index contributed by atoms with van der Waals surface area (Å²) in [7, 11) is 2.10. The molecule has 0 saturated carbocycles. The molecule has 0 amide bonds. The summed E-state index contributed by atoms with van der Waals surface area (Å²) in [5.74, 6) is 1.76. The molecule has 0 bridgehead atoms. The van der Waals surface area contributed by atoms with Crippen LogP contribution in [0.25, 0.3) is 0 Å². The molecule has 5 nitrogen and oxygen atoms in total. The zero-order chi connectivity index (χ0) is 17.3. The van der Waals surface area contributed by atoms with Gasteiger partial charge in [0.15, 0.2) is 0 Å². The van der Waals surface area contributed by atoms with Crippen LogP contribution in [0.5, 0.6) is 11.5 Å². The van der Waals surface area contributed by atoms with Gasteiger partial charge >= 0.3 is 0 Å². The molecule has 0 aromatic heterocycles. The summed E-state index contributed by atoms with van der Waals surface area (Å²) in [4.78, 5) is 12.7. The maximum Gasteiger partial charge on any atom is 0.269 e. The van der Waals surface area contributed by atoms with Crippen molar-refractivity contribution < 1.29 is 9.66 Å². The highest BCUT2D eigenvalue weighted by molar-refractivity contribution is 6.30. The van der Waals surface area contributed by atoms with E-state index in [1.807, 2.05) is 12.1 Å². The van der Waals surface area contributed by atoms with E-state index < -0.39 is 4.92 Å². The van der Waals surface area contributed by atoms with Gasteiger partial charge in [0.2, 0.25) is 0 Å². The van der Waals surface area contributed by atoms with Crippen LogP contribution in [0.1, 0.15) is 23.5 Å². The van der Waals surface area contributed by atoms with Gasteiger partial charge in [-0.2, -0.15) is 0 Å². The fourth-order valence-corrected chi connectivity index (χ4v) is 3.28. The number of likely N-dealkylation sites (tertiary alicyclic amines) is 1. The summed E-state index contributed by atoms with van der Waals surface area (Å²) in [6.45, 7) is 3.82. The van der Waals surface area contributed by atoms with Crippen molar-refractivity contribution in [1.29, 1.82) is 0 Å². The molecule has 1 fully saturated rings. The maximum absolute atomic E-state index is 10.9. The van der Waals surface area contributed by atoms with E-state index in [-0.39, 0.29) is 5.69 Å². The van der Waals surface area contributed by atoms with Gasteiger partial charge in [-0.1, -0.05) is 11.6 Å². The lowest BCUT2D eigenvalue weighted by atomic mass is 9.97.